The third-order valence-electron chi connectivity index (χ3n) is 3.03. The predicted octanol–water partition coefficient (Wildman–Crippen LogP) is 3.05. The van der Waals surface area contributed by atoms with E-state index in [4.69, 9.17) is 5.73 Å². The van der Waals surface area contributed by atoms with Crippen molar-refractivity contribution in [2.45, 2.75) is 39.7 Å². The maximum Gasteiger partial charge on any atom is 0.251 e. The van der Waals surface area contributed by atoms with E-state index in [0.29, 0.717) is 18.0 Å². The Bertz CT molecular complexity index is 445. The second kappa shape index (κ2) is 7.60. The van der Waals surface area contributed by atoms with E-state index in [2.05, 4.69) is 19.2 Å². The van der Waals surface area contributed by atoms with Gasteiger partial charge in [0.1, 0.15) is 5.82 Å². The summed E-state index contributed by atoms with van der Waals surface area (Å²) in [4.78, 5) is 12.2. The first-order valence-corrected chi connectivity index (χ1v) is 6.55. The first-order valence-electron chi connectivity index (χ1n) is 6.55. The van der Waals surface area contributed by atoms with Crippen LogP contribution in [0.5, 0.6) is 0 Å². The quantitative estimate of drug-likeness (QED) is 0.878. The number of halogens is 2. The molecule has 3 nitrogen and oxygen atoms in total. The second-order valence-electron chi connectivity index (χ2n) is 5.83. The molecule has 114 valence electrons. The molecule has 0 radical (unpaired) electrons. The molecule has 1 aromatic carbocycles. The summed E-state index contributed by atoms with van der Waals surface area (Å²) in [6.07, 6.45) is 0.781. The van der Waals surface area contributed by atoms with Crippen molar-refractivity contribution in [2.75, 3.05) is 6.54 Å². The molecule has 0 saturated carbocycles. The molecule has 0 bridgehead atoms. The summed E-state index contributed by atoms with van der Waals surface area (Å²) >= 11 is 0. The number of rotatable bonds is 5. The molecule has 3 N–H and O–H groups in total. The van der Waals surface area contributed by atoms with Crippen LogP contribution in [0.1, 0.15) is 43.1 Å². The van der Waals surface area contributed by atoms with Gasteiger partial charge in [-0.05, 0) is 49.9 Å². The normalized spacial score (nSPS) is 13.6. The van der Waals surface area contributed by atoms with Gasteiger partial charge >= 0.3 is 0 Å². The topological polar surface area (TPSA) is 55.1 Å². The Hall–Kier alpha value is -1.13. The molecule has 0 saturated heterocycles. The molecule has 0 aliphatic rings. The van der Waals surface area contributed by atoms with E-state index in [0.717, 1.165) is 12.0 Å². The maximum atomic E-state index is 13.3. The smallest absolute Gasteiger partial charge is 0.251 e. The van der Waals surface area contributed by atoms with Gasteiger partial charge in [-0.1, -0.05) is 13.8 Å². The molecule has 0 aliphatic carbocycles. The van der Waals surface area contributed by atoms with Gasteiger partial charge in [-0.2, -0.15) is 0 Å². The van der Waals surface area contributed by atoms with Crippen molar-refractivity contribution in [1.29, 1.82) is 0 Å². The lowest BCUT2D eigenvalue weighted by Gasteiger charge is -2.31. The SMILES string of the molecule is Cc1cc(F)cc(C(=O)NC(C)(CN)CC(C)C)c1.Cl. The van der Waals surface area contributed by atoms with Gasteiger partial charge in [0.25, 0.3) is 5.91 Å². The number of hydrogen-bond donors (Lipinski definition) is 2. The Morgan fingerprint density at radius 2 is 2.00 bits per heavy atom. The highest BCUT2D eigenvalue weighted by Crippen LogP contribution is 2.17. The van der Waals surface area contributed by atoms with Crippen LogP contribution in [0.25, 0.3) is 0 Å². The molecule has 0 heterocycles. The van der Waals surface area contributed by atoms with Crippen molar-refractivity contribution >= 4 is 18.3 Å². The van der Waals surface area contributed by atoms with E-state index in [1.807, 2.05) is 6.92 Å². The minimum absolute atomic E-state index is 0. The predicted molar refractivity (Wildman–Crippen MR) is 82.8 cm³/mol. The number of carbonyl (C=O) groups excluding carboxylic acids is 1. The monoisotopic (exact) mass is 302 g/mol. The summed E-state index contributed by atoms with van der Waals surface area (Å²) in [6.45, 7) is 8.18. The number of hydrogen-bond acceptors (Lipinski definition) is 2. The molecule has 1 rings (SSSR count). The Balaban J connectivity index is 0.00000361. The van der Waals surface area contributed by atoms with Crippen LogP contribution in [0, 0.1) is 18.7 Å². The molecular weight excluding hydrogens is 279 g/mol. The van der Waals surface area contributed by atoms with Gasteiger partial charge in [0.2, 0.25) is 0 Å². The van der Waals surface area contributed by atoms with E-state index >= 15 is 0 Å². The van der Waals surface area contributed by atoms with Crippen LogP contribution < -0.4 is 11.1 Å². The van der Waals surface area contributed by atoms with Gasteiger partial charge in [0.15, 0.2) is 0 Å². The fraction of sp³-hybridized carbons (Fsp3) is 0.533. The summed E-state index contributed by atoms with van der Waals surface area (Å²) in [5.74, 6) is -0.261. The number of nitrogens with two attached hydrogens (primary N) is 1. The van der Waals surface area contributed by atoms with Crippen molar-refractivity contribution in [3.05, 3.63) is 35.1 Å². The minimum atomic E-state index is -0.467. The highest BCUT2D eigenvalue weighted by atomic mass is 35.5. The molecule has 0 aliphatic heterocycles. The standard InChI is InChI=1S/C15H23FN2O.ClH/c1-10(2)8-15(4,9-17)18-14(19)12-5-11(3)6-13(16)7-12;/h5-7,10H,8-9,17H2,1-4H3,(H,18,19);1H. The summed E-state index contributed by atoms with van der Waals surface area (Å²) in [5, 5.41) is 2.91. The largest absolute Gasteiger partial charge is 0.346 e. The number of aryl methyl sites for hydroxylation is 1. The Morgan fingerprint density at radius 1 is 1.40 bits per heavy atom. The lowest BCUT2D eigenvalue weighted by Crippen LogP contribution is -2.52. The first-order chi connectivity index (χ1) is 8.75. The summed E-state index contributed by atoms with van der Waals surface area (Å²) in [7, 11) is 0. The van der Waals surface area contributed by atoms with Gasteiger partial charge in [-0.15, -0.1) is 12.4 Å². The fourth-order valence-electron chi connectivity index (χ4n) is 2.30. The first kappa shape index (κ1) is 18.9. The maximum absolute atomic E-state index is 13.3. The van der Waals surface area contributed by atoms with Crippen LogP contribution in [0.15, 0.2) is 18.2 Å². The van der Waals surface area contributed by atoms with Crippen molar-refractivity contribution in [3.8, 4) is 0 Å². The number of nitrogens with one attached hydrogen (secondary N) is 1. The van der Waals surface area contributed by atoms with Crippen LogP contribution in [0.3, 0.4) is 0 Å². The highest BCUT2D eigenvalue weighted by Gasteiger charge is 2.26. The highest BCUT2D eigenvalue weighted by molar-refractivity contribution is 5.94. The van der Waals surface area contributed by atoms with Crippen LogP contribution in [0.4, 0.5) is 4.39 Å². The van der Waals surface area contributed by atoms with Crippen LogP contribution in [-0.2, 0) is 0 Å². The molecule has 0 spiro atoms. The summed E-state index contributed by atoms with van der Waals surface area (Å²) in [5.41, 5.74) is 6.35. The summed E-state index contributed by atoms with van der Waals surface area (Å²) < 4.78 is 13.3. The van der Waals surface area contributed by atoms with Crippen molar-refractivity contribution in [1.82, 2.24) is 5.32 Å². The summed E-state index contributed by atoms with van der Waals surface area (Å²) in [6, 6.07) is 4.31. The van der Waals surface area contributed by atoms with Gasteiger partial charge in [0.05, 0.1) is 0 Å². The van der Waals surface area contributed by atoms with Crippen molar-refractivity contribution < 1.29 is 9.18 Å². The second-order valence-corrected chi connectivity index (χ2v) is 5.83. The third kappa shape index (κ3) is 5.47. The van der Waals surface area contributed by atoms with Crippen molar-refractivity contribution in [2.24, 2.45) is 11.7 Å². The fourth-order valence-corrected chi connectivity index (χ4v) is 2.30. The molecule has 1 amide bonds. The van der Waals surface area contributed by atoms with Crippen LogP contribution >= 0.6 is 12.4 Å². The Labute approximate surface area is 126 Å². The molecule has 1 atom stereocenters. The molecule has 1 unspecified atom stereocenters. The van der Waals surface area contributed by atoms with Gasteiger partial charge < -0.3 is 11.1 Å². The van der Waals surface area contributed by atoms with E-state index < -0.39 is 11.4 Å². The van der Waals surface area contributed by atoms with Crippen LogP contribution in [0.2, 0.25) is 0 Å². The van der Waals surface area contributed by atoms with E-state index in [9.17, 15) is 9.18 Å². The zero-order valence-electron chi connectivity index (χ0n) is 12.5. The number of benzene rings is 1. The average molecular weight is 303 g/mol. The Kier molecular flexibility index (Phi) is 7.17. The number of carbonyl (C=O) groups is 1. The molecule has 1 aromatic rings. The average Bonchev–Trinajstić information content (AvgIpc) is 2.26. The lowest BCUT2D eigenvalue weighted by atomic mass is 9.90. The van der Waals surface area contributed by atoms with E-state index in [1.165, 1.54) is 12.1 Å². The molecule has 20 heavy (non-hydrogen) atoms. The number of amides is 1. The zero-order chi connectivity index (χ0) is 14.6. The van der Waals surface area contributed by atoms with E-state index in [1.54, 1.807) is 13.0 Å². The van der Waals surface area contributed by atoms with Gasteiger partial charge in [0, 0.05) is 17.6 Å². The van der Waals surface area contributed by atoms with Gasteiger partial charge in [-0.3, -0.25) is 4.79 Å². The molecule has 0 aromatic heterocycles. The zero-order valence-corrected chi connectivity index (χ0v) is 13.3. The molecule has 5 heteroatoms. The van der Waals surface area contributed by atoms with E-state index in [-0.39, 0.29) is 18.3 Å². The molecule has 0 fully saturated rings. The Morgan fingerprint density at radius 3 is 2.45 bits per heavy atom. The minimum Gasteiger partial charge on any atom is -0.346 e. The van der Waals surface area contributed by atoms with Crippen molar-refractivity contribution in [3.63, 3.8) is 0 Å². The van der Waals surface area contributed by atoms with Gasteiger partial charge in [-0.25, -0.2) is 4.39 Å². The lowest BCUT2D eigenvalue weighted by molar-refractivity contribution is 0.0897. The van der Waals surface area contributed by atoms with Crippen LogP contribution in [-0.4, -0.2) is 18.0 Å². The third-order valence-corrected chi connectivity index (χ3v) is 3.03. The molecular formula is C15H24ClFN2O.